The van der Waals surface area contributed by atoms with Gasteiger partial charge in [-0.1, -0.05) is 19.8 Å². The zero-order valence-corrected chi connectivity index (χ0v) is 12.7. The van der Waals surface area contributed by atoms with Crippen LogP contribution in [-0.2, 0) is 0 Å². The third-order valence-corrected chi connectivity index (χ3v) is 5.24. The molecule has 0 aromatic carbocycles. The summed E-state index contributed by atoms with van der Waals surface area (Å²) in [5.74, 6) is 1.03. The second-order valence-electron chi connectivity index (χ2n) is 5.41. The summed E-state index contributed by atoms with van der Waals surface area (Å²) in [6.45, 7) is 7.65. The summed E-state index contributed by atoms with van der Waals surface area (Å²) in [4.78, 5) is 2.77. The molecule has 0 aromatic rings. The molecule has 0 saturated carbocycles. The van der Waals surface area contributed by atoms with Crippen molar-refractivity contribution < 1.29 is 0 Å². The molecule has 0 spiro atoms. The molecule has 0 radical (unpaired) electrons. The molecule has 2 heterocycles. The molecule has 2 aliphatic heterocycles. The third-order valence-electron chi connectivity index (χ3n) is 4.27. The number of hydrogen-bond donors (Lipinski definition) is 0. The number of halogens is 1. The smallest absolute Gasteiger partial charge is 0.0201 e. The van der Waals surface area contributed by atoms with Crippen molar-refractivity contribution in [1.29, 1.82) is 0 Å². The second-order valence-corrected chi connectivity index (χ2v) is 6.77. The maximum atomic E-state index is 2.77. The second kappa shape index (κ2) is 6.55. The predicted molar refractivity (Wildman–Crippen MR) is 77.8 cm³/mol. The van der Waals surface area contributed by atoms with E-state index in [1.54, 1.807) is 0 Å². The van der Waals surface area contributed by atoms with Crippen LogP contribution in [0.5, 0.6) is 0 Å². The van der Waals surface area contributed by atoms with Gasteiger partial charge in [-0.2, -0.15) is 0 Å². The van der Waals surface area contributed by atoms with Gasteiger partial charge in [0.05, 0.1) is 0 Å². The lowest BCUT2D eigenvalue weighted by Gasteiger charge is -2.40. The maximum Gasteiger partial charge on any atom is 0.0201 e. The topological polar surface area (TPSA) is 6.48 Å². The molecule has 2 aliphatic rings. The van der Waals surface area contributed by atoms with E-state index >= 15 is 0 Å². The number of nitrogens with zero attached hydrogens (tertiary/aromatic N) is 2. The van der Waals surface area contributed by atoms with Gasteiger partial charge in [-0.15, -0.1) is 0 Å². The van der Waals surface area contributed by atoms with E-state index in [0.29, 0.717) is 0 Å². The zero-order valence-electron chi connectivity index (χ0n) is 10.5. The predicted octanol–water partition coefficient (Wildman–Crippen LogP) is 3.31. The molecule has 2 nitrogen and oxygen atoms in total. The summed E-state index contributed by atoms with van der Waals surface area (Å²) >= 11 is 2.47. The molecule has 2 rings (SSSR count). The van der Waals surface area contributed by atoms with Crippen LogP contribution in [0, 0.1) is 5.92 Å². The van der Waals surface area contributed by atoms with E-state index in [9.17, 15) is 0 Å². The monoisotopic (exact) mass is 336 g/mol. The van der Waals surface area contributed by atoms with Crippen molar-refractivity contribution in [2.75, 3.05) is 26.2 Å². The van der Waals surface area contributed by atoms with Crippen LogP contribution >= 0.6 is 22.9 Å². The third kappa shape index (κ3) is 3.57. The minimum absolute atomic E-state index is 0.897. The fourth-order valence-electron chi connectivity index (χ4n) is 3.21. The quantitative estimate of drug-likeness (QED) is 0.576. The molecule has 2 fully saturated rings. The van der Waals surface area contributed by atoms with E-state index in [1.807, 2.05) is 0 Å². The molecule has 94 valence electrons. The molecule has 0 aliphatic carbocycles. The van der Waals surface area contributed by atoms with Gasteiger partial charge in [-0.25, -0.2) is 3.11 Å². The van der Waals surface area contributed by atoms with E-state index in [2.05, 4.69) is 37.8 Å². The summed E-state index contributed by atoms with van der Waals surface area (Å²) in [5.41, 5.74) is 0. The van der Waals surface area contributed by atoms with E-state index in [4.69, 9.17) is 0 Å². The normalized spacial score (nSPS) is 27.4. The van der Waals surface area contributed by atoms with Crippen LogP contribution in [-0.4, -0.2) is 40.2 Å². The standard InChI is InChI=1S/C13H25IN2/c1-2-3-12-4-8-15(9-5-12)13-6-10-16(14)11-7-13/h12-13H,2-11H2,1H3. The molecule has 2 saturated heterocycles. The van der Waals surface area contributed by atoms with E-state index in [-0.39, 0.29) is 0 Å². The van der Waals surface area contributed by atoms with Crippen molar-refractivity contribution in [3.05, 3.63) is 0 Å². The number of likely N-dealkylation sites (tertiary alicyclic amines) is 1. The Morgan fingerprint density at radius 3 is 2.19 bits per heavy atom. The van der Waals surface area contributed by atoms with Crippen molar-refractivity contribution in [3.8, 4) is 0 Å². The minimum Gasteiger partial charge on any atom is -0.300 e. The van der Waals surface area contributed by atoms with Crippen LogP contribution < -0.4 is 0 Å². The van der Waals surface area contributed by atoms with Crippen molar-refractivity contribution in [2.24, 2.45) is 5.92 Å². The Bertz CT molecular complexity index is 194. The SMILES string of the molecule is CCCC1CCN(C2CCN(I)CC2)CC1. The van der Waals surface area contributed by atoms with Crippen LogP contribution in [0.15, 0.2) is 0 Å². The van der Waals surface area contributed by atoms with E-state index in [0.717, 1.165) is 12.0 Å². The van der Waals surface area contributed by atoms with Gasteiger partial charge in [-0.05, 0) is 44.7 Å². The van der Waals surface area contributed by atoms with Crippen LogP contribution in [0.1, 0.15) is 45.4 Å². The summed E-state index contributed by atoms with van der Waals surface area (Å²) in [6, 6.07) is 0.897. The molecule has 0 aromatic heterocycles. The fraction of sp³-hybridized carbons (Fsp3) is 1.00. The first kappa shape index (κ1) is 13.1. The highest BCUT2D eigenvalue weighted by atomic mass is 127. The van der Waals surface area contributed by atoms with Crippen molar-refractivity contribution in [2.45, 2.75) is 51.5 Å². The Labute approximate surface area is 114 Å². The molecule has 0 bridgehead atoms. The van der Waals surface area contributed by atoms with E-state index in [1.165, 1.54) is 64.7 Å². The number of piperidine rings is 2. The largest absolute Gasteiger partial charge is 0.300 e. The highest BCUT2D eigenvalue weighted by molar-refractivity contribution is 14.1. The summed E-state index contributed by atoms with van der Waals surface area (Å²) in [6.07, 6.45) is 8.53. The Kier molecular flexibility index (Phi) is 5.36. The van der Waals surface area contributed by atoms with Gasteiger partial charge < -0.3 is 4.90 Å². The zero-order chi connectivity index (χ0) is 11.4. The molecule has 3 heteroatoms. The van der Waals surface area contributed by atoms with Crippen molar-refractivity contribution >= 4 is 22.9 Å². The van der Waals surface area contributed by atoms with Gasteiger partial charge >= 0.3 is 0 Å². The molecular weight excluding hydrogens is 311 g/mol. The highest BCUT2D eigenvalue weighted by Gasteiger charge is 2.27. The minimum atomic E-state index is 0.897. The van der Waals surface area contributed by atoms with E-state index < -0.39 is 0 Å². The van der Waals surface area contributed by atoms with Gasteiger partial charge in [0.2, 0.25) is 0 Å². The Hall–Kier alpha value is 0.650. The Morgan fingerprint density at radius 2 is 1.62 bits per heavy atom. The fourth-order valence-corrected chi connectivity index (χ4v) is 3.77. The Balaban J connectivity index is 1.72. The molecule has 16 heavy (non-hydrogen) atoms. The molecule has 0 atom stereocenters. The summed E-state index contributed by atoms with van der Waals surface area (Å²) < 4.78 is 2.44. The van der Waals surface area contributed by atoms with Gasteiger partial charge in [0.25, 0.3) is 0 Å². The highest BCUT2D eigenvalue weighted by Crippen LogP contribution is 2.26. The average molecular weight is 336 g/mol. The summed E-state index contributed by atoms with van der Waals surface area (Å²) in [5, 5.41) is 0. The lowest BCUT2D eigenvalue weighted by Crippen LogP contribution is -2.45. The first-order valence-electron chi connectivity index (χ1n) is 6.94. The summed E-state index contributed by atoms with van der Waals surface area (Å²) in [7, 11) is 0. The molecule has 0 unspecified atom stereocenters. The molecule has 0 N–H and O–H groups in total. The van der Waals surface area contributed by atoms with Gasteiger partial charge in [0.1, 0.15) is 0 Å². The first-order valence-corrected chi connectivity index (χ1v) is 7.91. The maximum absolute atomic E-state index is 2.77. The Morgan fingerprint density at radius 1 is 1.00 bits per heavy atom. The van der Waals surface area contributed by atoms with Crippen LogP contribution in [0.3, 0.4) is 0 Å². The number of hydrogen-bond acceptors (Lipinski definition) is 2. The van der Waals surface area contributed by atoms with Crippen molar-refractivity contribution in [3.63, 3.8) is 0 Å². The average Bonchev–Trinajstić information content (AvgIpc) is 2.32. The lowest BCUT2D eigenvalue weighted by molar-refractivity contribution is 0.0992. The van der Waals surface area contributed by atoms with Crippen molar-refractivity contribution in [1.82, 2.24) is 8.01 Å². The molecule has 0 amide bonds. The van der Waals surface area contributed by atoms with Gasteiger partial charge in [0.15, 0.2) is 0 Å². The van der Waals surface area contributed by atoms with Crippen LogP contribution in [0.25, 0.3) is 0 Å². The van der Waals surface area contributed by atoms with Crippen LogP contribution in [0.4, 0.5) is 0 Å². The van der Waals surface area contributed by atoms with Crippen LogP contribution in [0.2, 0.25) is 0 Å². The number of rotatable bonds is 3. The lowest BCUT2D eigenvalue weighted by atomic mass is 9.90. The van der Waals surface area contributed by atoms with Gasteiger partial charge in [0, 0.05) is 42.0 Å². The first-order chi connectivity index (χ1) is 7.79. The molecular formula is C13H25IN2. The van der Waals surface area contributed by atoms with Gasteiger partial charge in [-0.3, -0.25) is 0 Å².